The molecule has 0 bridgehead atoms. The van der Waals surface area contributed by atoms with Gasteiger partial charge in [-0.25, -0.2) is 4.79 Å². The average molecular weight is 419 g/mol. The van der Waals surface area contributed by atoms with E-state index in [-0.39, 0.29) is 12.3 Å². The first-order chi connectivity index (χ1) is 15.1. The van der Waals surface area contributed by atoms with Crippen molar-refractivity contribution in [1.29, 1.82) is 0 Å². The van der Waals surface area contributed by atoms with E-state index in [0.717, 1.165) is 33.9 Å². The number of rotatable bonds is 8. The zero-order chi connectivity index (χ0) is 21.8. The SMILES string of the molecule is COCCCNC(=O)CCc1c(C)c2cc3c(-c4ccccc4)coc3cc2oc1=O. The summed E-state index contributed by atoms with van der Waals surface area (Å²) in [5.74, 6) is -0.0911. The van der Waals surface area contributed by atoms with E-state index < -0.39 is 5.63 Å². The van der Waals surface area contributed by atoms with Crippen molar-refractivity contribution in [3.63, 3.8) is 0 Å². The number of benzene rings is 2. The Morgan fingerprint density at radius 2 is 1.90 bits per heavy atom. The molecule has 4 rings (SSSR count). The number of nitrogens with one attached hydrogen (secondary N) is 1. The molecule has 1 N–H and O–H groups in total. The van der Waals surface area contributed by atoms with Gasteiger partial charge in [0.05, 0.1) is 6.26 Å². The molecular weight excluding hydrogens is 394 g/mol. The lowest BCUT2D eigenvalue weighted by Gasteiger charge is -2.09. The van der Waals surface area contributed by atoms with Gasteiger partial charge in [-0.3, -0.25) is 4.79 Å². The highest BCUT2D eigenvalue weighted by Gasteiger charge is 2.16. The molecule has 2 heterocycles. The number of amides is 1. The van der Waals surface area contributed by atoms with Gasteiger partial charge in [0.1, 0.15) is 11.2 Å². The molecule has 0 atom stereocenters. The van der Waals surface area contributed by atoms with Crippen LogP contribution >= 0.6 is 0 Å². The van der Waals surface area contributed by atoms with Gasteiger partial charge >= 0.3 is 5.63 Å². The number of methoxy groups -OCH3 is 1. The molecule has 0 fully saturated rings. The normalized spacial score (nSPS) is 11.3. The number of carbonyl (C=O) groups excluding carboxylic acids is 1. The number of aryl methyl sites for hydroxylation is 1. The van der Waals surface area contributed by atoms with Gasteiger partial charge in [0, 0.05) is 54.6 Å². The van der Waals surface area contributed by atoms with Crippen molar-refractivity contribution in [3.8, 4) is 11.1 Å². The highest BCUT2D eigenvalue weighted by Crippen LogP contribution is 2.34. The van der Waals surface area contributed by atoms with Crippen LogP contribution in [-0.4, -0.2) is 26.2 Å². The molecule has 2 aromatic carbocycles. The molecule has 0 spiro atoms. The second-order valence-corrected chi connectivity index (χ2v) is 7.55. The molecule has 160 valence electrons. The minimum atomic E-state index is -0.411. The number of fused-ring (bicyclic) bond motifs is 2. The van der Waals surface area contributed by atoms with E-state index in [4.69, 9.17) is 13.6 Å². The molecule has 0 saturated heterocycles. The average Bonchev–Trinajstić information content (AvgIpc) is 3.19. The quantitative estimate of drug-likeness (QED) is 0.333. The minimum absolute atomic E-state index is 0.0911. The second-order valence-electron chi connectivity index (χ2n) is 7.55. The molecule has 6 nitrogen and oxygen atoms in total. The van der Waals surface area contributed by atoms with Crippen LogP contribution in [0.15, 0.2) is 62.4 Å². The van der Waals surface area contributed by atoms with Gasteiger partial charge in [-0.15, -0.1) is 0 Å². The van der Waals surface area contributed by atoms with Crippen molar-refractivity contribution in [2.24, 2.45) is 0 Å². The molecule has 0 aliphatic heterocycles. The van der Waals surface area contributed by atoms with Crippen molar-refractivity contribution in [3.05, 3.63) is 70.3 Å². The Hall–Kier alpha value is -3.38. The van der Waals surface area contributed by atoms with Gasteiger partial charge in [-0.1, -0.05) is 30.3 Å². The van der Waals surface area contributed by atoms with Crippen LogP contribution < -0.4 is 10.9 Å². The lowest BCUT2D eigenvalue weighted by Crippen LogP contribution is -2.26. The number of carbonyl (C=O) groups is 1. The fourth-order valence-corrected chi connectivity index (χ4v) is 3.81. The van der Waals surface area contributed by atoms with Gasteiger partial charge in [-0.2, -0.15) is 0 Å². The van der Waals surface area contributed by atoms with Crippen LogP contribution in [0.25, 0.3) is 33.1 Å². The lowest BCUT2D eigenvalue weighted by molar-refractivity contribution is -0.121. The van der Waals surface area contributed by atoms with Crippen LogP contribution in [-0.2, 0) is 16.0 Å². The molecule has 2 aromatic heterocycles. The summed E-state index contributed by atoms with van der Waals surface area (Å²) in [5, 5.41) is 4.65. The molecule has 6 heteroatoms. The minimum Gasteiger partial charge on any atom is -0.464 e. The first kappa shape index (κ1) is 20.9. The van der Waals surface area contributed by atoms with Crippen LogP contribution in [0.4, 0.5) is 0 Å². The Balaban J connectivity index is 1.64. The van der Waals surface area contributed by atoms with Crippen molar-refractivity contribution >= 4 is 27.8 Å². The molecule has 0 radical (unpaired) electrons. The Kier molecular flexibility index (Phi) is 6.18. The number of furan rings is 1. The van der Waals surface area contributed by atoms with Crippen molar-refractivity contribution in [2.45, 2.75) is 26.2 Å². The highest BCUT2D eigenvalue weighted by atomic mass is 16.5. The second kappa shape index (κ2) is 9.18. The first-order valence-corrected chi connectivity index (χ1v) is 10.4. The van der Waals surface area contributed by atoms with Crippen molar-refractivity contribution < 1.29 is 18.4 Å². The van der Waals surface area contributed by atoms with E-state index in [1.807, 2.05) is 43.3 Å². The third-order valence-corrected chi connectivity index (χ3v) is 5.52. The summed E-state index contributed by atoms with van der Waals surface area (Å²) in [5.41, 5.74) is 4.14. The van der Waals surface area contributed by atoms with Crippen LogP contribution in [0, 0.1) is 6.92 Å². The topological polar surface area (TPSA) is 81.7 Å². The van der Waals surface area contributed by atoms with Crippen LogP contribution in [0.3, 0.4) is 0 Å². The molecule has 1 amide bonds. The fourth-order valence-electron chi connectivity index (χ4n) is 3.81. The summed E-state index contributed by atoms with van der Waals surface area (Å²) in [6, 6.07) is 13.8. The van der Waals surface area contributed by atoms with Gasteiger partial charge in [0.25, 0.3) is 0 Å². The summed E-state index contributed by atoms with van der Waals surface area (Å²) in [4.78, 5) is 24.7. The largest absolute Gasteiger partial charge is 0.464 e. The molecular formula is C25H25NO5. The summed E-state index contributed by atoms with van der Waals surface area (Å²) >= 11 is 0. The predicted octanol–water partition coefficient (Wildman–Crippen LogP) is 4.60. The monoisotopic (exact) mass is 419 g/mol. The van der Waals surface area contributed by atoms with E-state index in [2.05, 4.69) is 5.32 Å². The third-order valence-electron chi connectivity index (χ3n) is 5.52. The van der Waals surface area contributed by atoms with E-state index in [0.29, 0.717) is 36.3 Å². The zero-order valence-electron chi connectivity index (χ0n) is 17.7. The Bertz CT molecular complexity index is 1270. The van der Waals surface area contributed by atoms with Crippen LogP contribution in [0.5, 0.6) is 0 Å². The molecule has 0 unspecified atom stereocenters. The van der Waals surface area contributed by atoms with E-state index in [9.17, 15) is 9.59 Å². The molecule has 0 saturated carbocycles. The third kappa shape index (κ3) is 4.39. The van der Waals surface area contributed by atoms with Crippen molar-refractivity contribution in [2.75, 3.05) is 20.3 Å². The van der Waals surface area contributed by atoms with Crippen LogP contribution in [0.2, 0.25) is 0 Å². The summed E-state index contributed by atoms with van der Waals surface area (Å²) in [6.07, 6.45) is 3.04. The van der Waals surface area contributed by atoms with Crippen molar-refractivity contribution in [1.82, 2.24) is 5.32 Å². The lowest BCUT2D eigenvalue weighted by atomic mass is 9.99. The van der Waals surface area contributed by atoms with Gasteiger partial charge in [-0.05, 0) is 37.0 Å². The smallest absolute Gasteiger partial charge is 0.339 e. The first-order valence-electron chi connectivity index (χ1n) is 10.4. The Labute approximate surface area is 179 Å². The Morgan fingerprint density at radius 3 is 2.68 bits per heavy atom. The number of hydrogen-bond donors (Lipinski definition) is 1. The Morgan fingerprint density at radius 1 is 1.10 bits per heavy atom. The maximum atomic E-state index is 12.6. The number of hydrogen-bond acceptors (Lipinski definition) is 5. The predicted molar refractivity (Wildman–Crippen MR) is 120 cm³/mol. The molecule has 0 aliphatic rings. The molecule has 31 heavy (non-hydrogen) atoms. The maximum Gasteiger partial charge on any atom is 0.339 e. The fraction of sp³-hybridized carbons (Fsp3) is 0.280. The molecule has 4 aromatic rings. The highest BCUT2D eigenvalue weighted by molar-refractivity contribution is 6.02. The zero-order valence-corrected chi connectivity index (χ0v) is 17.7. The van der Waals surface area contributed by atoms with Gasteiger partial charge in [0.2, 0.25) is 5.91 Å². The van der Waals surface area contributed by atoms with E-state index in [1.54, 1.807) is 19.4 Å². The van der Waals surface area contributed by atoms with Gasteiger partial charge < -0.3 is 18.9 Å². The van der Waals surface area contributed by atoms with Gasteiger partial charge in [0.15, 0.2) is 0 Å². The van der Waals surface area contributed by atoms with Crippen LogP contribution in [0.1, 0.15) is 24.0 Å². The number of ether oxygens (including phenoxy) is 1. The standard InChI is InChI=1S/C25H25NO5/c1-16-18(9-10-24(27)26-11-6-12-29-2)25(28)31-23-14-22-20(13-19(16)23)21(15-30-22)17-7-4-3-5-8-17/h3-5,7-8,13-15H,6,9-12H2,1-2H3,(H,26,27). The van der Waals surface area contributed by atoms with E-state index in [1.165, 1.54) is 0 Å². The summed E-state index contributed by atoms with van der Waals surface area (Å²) in [7, 11) is 1.63. The summed E-state index contributed by atoms with van der Waals surface area (Å²) in [6.45, 7) is 3.05. The maximum absolute atomic E-state index is 12.6. The van der Waals surface area contributed by atoms with E-state index >= 15 is 0 Å². The molecule has 0 aliphatic carbocycles. The summed E-state index contributed by atoms with van der Waals surface area (Å²) < 4.78 is 16.3.